The van der Waals surface area contributed by atoms with Crippen LogP contribution in [0.4, 0.5) is 13.2 Å². The molecule has 1 rings (SSSR count). The summed E-state index contributed by atoms with van der Waals surface area (Å²) in [5.74, 6) is -0.586. The van der Waals surface area contributed by atoms with Crippen molar-refractivity contribution >= 4 is 17.5 Å². The topological polar surface area (TPSA) is 40.5 Å². The molecule has 1 heterocycles. The Kier molecular flexibility index (Phi) is 3.21. The van der Waals surface area contributed by atoms with Crippen molar-refractivity contribution in [3.05, 3.63) is 0 Å². The summed E-state index contributed by atoms with van der Waals surface area (Å²) in [5.41, 5.74) is -2.78. The van der Waals surface area contributed by atoms with E-state index in [-0.39, 0.29) is 6.54 Å². The number of nitrogens with zero attached hydrogens (tertiary/aromatic N) is 1. The molecule has 0 aromatic rings. The van der Waals surface area contributed by atoms with Gasteiger partial charge in [0, 0.05) is 13.0 Å². The van der Waals surface area contributed by atoms with Gasteiger partial charge in [-0.25, -0.2) is 0 Å². The number of β-amino-alcohol motifs (C(OH)–C–C–N with tert-alkyl or cyclic N) is 1. The Morgan fingerprint density at radius 3 is 2.47 bits per heavy atom. The SMILES string of the molecule is C[C@@H](Cl)C(=O)N1CC[C@](O)(C(F)(F)F)C1. The minimum atomic E-state index is -4.71. The smallest absolute Gasteiger partial charge is 0.379 e. The first kappa shape index (κ1) is 12.6. The average molecular weight is 246 g/mol. The first-order valence-electron chi connectivity index (χ1n) is 4.39. The van der Waals surface area contributed by atoms with Gasteiger partial charge < -0.3 is 10.0 Å². The minimum absolute atomic E-state index is 0.119. The molecule has 2 atom stereocenters. The molecule has 1 saturated heterocycles. The molecule has 15 heavy (non-hydrogen) atoms. The molecule has 0 bridgehead atoms. The zero-order valence-electron chi connectivity index (χ0n) is 8.01. The summed E-state index contributed by atoms with van der Waals surface area (Å²) in [6.07, 6.45) is -5.20. The van der Waals surface area contributed by atoms with E-state index in [1.54, 1.807) is 0 Å². The number of carbonyl (C=O) groups is 1. The van der Waals surface area contributed by atoms with Crippen LogP contribution in [0.25, 0.3) is 0 Å². The Balaban J connectivity index is 2.71. The fourth-order valence-corrected chi connectivity index (χ4v) is 1.60. The van der Waals surface area contributed by atoms with E-state index >= 15 is 0 Å². The van der Waals surface area contributed by atoms with Crippen LogP contribution >= 0.6 is 11.6 Å². The predicted molar refractivity (Wildman–Crippen MR) is 47.5 cm³/mol. The minimum Gasteiger partial charge on any atom is -0.379 e. The van der Waals surface area contributed by atoms with Gasteiger partial charge in [-0.2, -0.15) is 13.2 Å². The van der Waals surface area contributed by atoms with Gasteiger partial charge in [0.2, 0.25) is 5.91 Å². The summed E-state index contributed by atoms with van der Waals surface area (Å²) in [7, 11) is 0. The summed E-state index contributed by atoms with van der Waals surface area (Å²) in [6.45, 7) is 0.535. The number of carbonyl (C=O) groups excluding carboxylic acids is 1. The van der Waals surface area contributed by atoms with Crippen molar-refractivity contribution in [2.24, 2.45) is 0 Å². The molecular weight excluding hydrogens is 235 g/mol. The molecule has 7 heteroatoms. The lowest BCUT2D eigenvalue weighted by Gasteiger charge is -2.26. The second kappa shape index (κ2) is 3.83. The highest BCUT2D eigenvalue weighted by Gasteiger charge is 2.57. The molecule has 0 aromatic heterocycles. The Morgan fingerprint density at radius 2 is 2.13 bits per heavy atom. The maximum Gasteiger partial charge on any atom is 0.419 e. The van der Waals surface area contributed by atoms with Crippen molar-refractivity contribution < 1.29 is 23.1 Å². The maximum atomic E-state index is 12.4. The molecule has 88 valence electrons. The van der Waals surface area contributed by atoms with Crippen molar-refractivity contribution in [1.29, 1.82) is 0 Å². The van der Waals surface area contributed by atoms with Gasteiger partial charge in [-0.15, -0.1) is 11.6 Å². The van der Waals surface area contributed by atoms with E-state index in [1.807, 2.05) is 0 Å². The number of hydrogen-bond donors (Lipinski definition) is 1. The van der Waals surface area contributed by atoms with Crippen LogP contribution in [0.2, 0.25) is 0 Å². The summed E-state index contributed by atoms with van der Waals surface area (Å²) in [4.78, 5) is 12.2. The second-order valence-corrected chi connectivity index (χ2v) is 4.31. The third-order valence-electron chi connectivity index (χ3n) is 2.43. The third-order valence-corrected chi connectivity index (χ3v) is 2.61. The average Bonchev–Trinajstić information content (AvgIpc) is 2.46. The number of alkyl halides is 4. The molecule has 1 fully saturated rings. The number of amides is 1. The van der Waals surface area contributed by atoms with Crippen molar-refractivity contribution in [3.63, 3.8) is 0 Å². The molecule has 0 spiro atoms. The van der Waals surface area contributed by atoms with Crippen LogP contribution in [0.15, 0.2) is 0 Å². The predicted octanol–water partition coefficient (Wildman–Crippen LogP) is 1.14. The first-order valence-corrected chi connectivity index (χ1v) is 4.83. The van der Waals surface area contributed by atoms with Crippen LogP contribution in [-0.4, -0.2) is 46.2 Å². The lowest BCUT2D eigenvalue weighted by molar-refractivity contribution is -0.253. The van der Waals surface area contributed by atoms with E-state index in [4.69, 9.17) is 11.6 Å². The van der Waals surface area contributed by atoms with Gasteiger partial charge >= 0.3 is 6.18 Å². The molecular formula is C8H11ClF3NO2. The molecule has 1 aliphatic rings. The van der Waals surface area contributed by atoms with Crippen LogP contribution in [0.5, 0.6) is 0 Å². The Labute approximate surface area is 89.8 Å². The summed E-state index contributed by atoms with van der Waals surface area (Å²) >= 11 is 5.46. The first-order chi connectivity index (χ1) is 6.67. The zero-order valence-corrected chi connectivity index (χ0v) is 8.77. The van der Waals surface area contributed by atoms with E-state index in [0.717, 1.165) is 4.90 Å². The largest absolute Gasteiger partial charge is 0.419 e. The van der Waals surface area contributed by atoms with Crippen molar-refractivity contribution in [3.8, 4) is 0 Å². The molecule has 0 aromatic carbocycles. The third kappa shape index (κ3) is 2.36. The molecule has 0 unspecified atom stereocenters. The summed E-state index contributed by atoms with van der Waals surface area (Å²) in [5, 5.41) is 8.39. The van der Waals surface area contributed by atoms with Crippen LogP contribution in [0, 0.1) is 0 Å². The van der Waals surface area contributed by atoms with Gasteiger partial charge in [0.15, 0.2) is 5.60 Å². The number of halogens is 4. The van der Waals surface area contributed by atoms with Crippen molar-refractivity contribution in [2.75, 3.05) is 13.1 Å². The maximum absolute atomic E-state index is 12.4. The number of likely N-dealkylation sites (tertiary alicyclic amines) is 1. The number of aliphatic hydroxyl groups is 1. The summed E-state index contributed by atoms with van der Waals surface area (Å²) in [6, 6.07) is 0. The van der Waals surface area contributed by atoms with Crippen LogP contribution in [-0.2, 0) is 4.79 Å². The van der Waals surface area contributed by atoms with E-state index in [0.29, 0.717) is 0 Å². The molecule has 1 amide bonds. The lowest BCUT2D eigenvalue weighted by Crippen LogP contribution is -2.48. The van der Waals surface area contributed by atoms with Gasteiger partial charge in [-0.1, -0.05) is 0 Å². The van der Waals surface area contributed by atoms with Crippen molar-refractivity contribution in [2.45, 2.75) is 30.5 Å². The quantitative estimate of drug-likeness (QED) is 0.704. The molecule has 0 saturated carbocycles. The molecule has 1 N–H and O–H groups in total. The van der Waals surface area contributed by atoms with Crippen LogP contribution in [0.3, 0.4) is 0 Å². The van der Waals surface area contributed by atoms with Gasteiger partial charge in [0.25, 0.3) is 0 Å². The highest BCUT2D eigenvalue weighted by Crippen LogP contribution is 2.37. The van der Waals surface area contributed by atoms with Gasteiger partial charge in [-0.3, -0.25) is 4.79 Å². The van der Waals surface area contributed by atoms with Crippen LogP contribution in [0.1, 0.15) is 13.3 Å². The summed E-state index contributed by atoms with van der Waals surface area (Å²) < 4.78 is 37.1. The highest BCUT2D eigenvalue weighted by atomic mass is 35.5. The van der Waals surface area contributed by atoms with Crippen LogP contribution < -0.4 is 0 Å². The van der Waals surface area contributed by atoms with Gasteiger partial charge in [0.1, 0.15) is 5.38 Å². The Morgan fingerprint density at radius 1 is 1.60 bits per heavy atom. The molecule has 3 nitrogen and oxygen atoms in total. The zero-order chi connectivity index (χ0) is 11.9. The second-order valence-electron chi connectivity index (χ2n) is 3.66. The fraction of sp³-hybridized carbons (Fsp3) is 0.875. The lowest BCUT2D eigenvalue weighted by atomic mass is 10.0. The fourth-order valence-electron chi connectivity index (χ4n) is 1.46. The molecule has 0 radical (unpaired) electrons. The molecule has 0 aliphatic carbocycles. The Hall–Kier alpha value is -0.490. The van der Waals surface area contributed by atoms with E-state index in [9.17, 15) is 23.1 Å². The highest BCUT2D eigenvalue weighted by molar-refractivity contribution is 6.30. The number of hydrogen-bond acceptors (Lipinski definition) is 2. The number of rotatable bonds is 1. The standard InChI is InChI=1S/C8H11ClF3NO2/c1-5(9)6(14)13-3-2-7(15,4-13)8(10,11)12/h5,15H,2-4H2,1H3/t5-,7-/m1/s1. The van der Waals surface area contributed by atoms with E-state index < -0.39 is 36.0 Å². The Bertz CT molecular complexity index is 269. The van der Waals surface area contributed by atoms with Gasteiger partial charge in [0.05, 0.1) is 6.54 Å². The normalized spacial score (nSPS) is 29.3. The van der Waals surface area contributed by atoms with E-state index in [2.05, 4.69) is 0 Å². The van der Waals surface area contributed by atoms with Crippen molar-refractivity contribution in [1.82, 2.24) is 4.90 Å². The monoisotopic (exact) mass is 245 g/mol. The molecule has 1 aliphatic heterocycles. The van der Waals surface area contributed by atoms with Gasteiger partial charge in [-0.05, 0) is 6.92 Å². The van der Waals surface area contributed by atoms with E-state index in [1.165, 1.54) is 6.92 Å².